The monoisotopic (exact) mass is 714 g/mol. The van der Waals surface area contributed by atoms with E-state index in [-0.39, 0.29) is 36.8 Å². The Morgan fingerprint density at radius 3 is 1.96 bits per heavy atom. The molecule has 0 aromatic heterocycles. The number of rotatable bonds is 22. The summed E-state index contributed by atoms with van der Waals surface area (Å²) in [6.45, 7) is 4.35. The molecule has 2 aromatic carbocycles. The maximum atomic E-state index is 13.1. The molecule has 0 aliphatic carbocycles. The number of carbonyl (C=O) groups excluding carboxylic acids is 1. The van der Waals surface area contributed by atoms with Gasteiger partial charge in [0.15, 0.2) is 0 Å². The summed E-state index contributed by atoms with van der Waals surface area (Å²) in [6.07, 6.45) is 4.26. The Balaban J connectivity index is 1.47. The van der Waals surface area contributed by atoms with E-state index in [1.54, 1.807) is 21.1 Å². The van der Waals surface area contributed by atoms with Crippen molar-refractivity contribution in [3.05, 3.63) is 53.6 Å². The fourth-order valence-corrected chi connectivity index (χ4v) is 8.73. The second-order valence-electron chi connectivity index (χ2n) is 13.3. The highest BCUT2D eigenvalue weighted by molar-refractivity contribution is 7.99. The van der Waals surface area contributed by atoms with Crippen LogP contribution in [0.2, 0.25) is 0 Å². The maximum Gasteiger partial charge on any atom is 0.453 e. The smallest absolute Gasteiger partial charge is 0.453 e. The second-order valence-corrected chi connectivity index (χ2v) is 14.3. The first kappa shape index (κ1) is 40.9. The number of halogens is 5. The Labute approximate surface area is 294 Å². The van der Waals surface area contributed by atoms with Gasteiger partial charge in [-0.2, -0.15) is 22.0 Å². The number of benzene rings is 2. The van der Waals surface area contributed by atoms with Crippen LogP contribution in [0.3, 0.4) is 0 Å². The van der Waals surface area contributed by atoms with Crippen LogP contribution in [-0.2, 0) is 14.9 Å². The first-order valence-corrected chi connectivity index (χ1v) is 19.0. The summed E-state index contributed by atoms with van der Waals surface area (Å²) in [6, 6.07) is 15.1. The summed E-state index contributed by atoms with van der Waals surface area (Å²) in [7, 11) is 3.40. The van der Waals surface area contributed by atoms with Crippen LogP contribution in [0.25, 0.3) is 0 Å². The van der Waals surface area contributed by atoms with E-state index in [0.717, 1.165) is 68.6 Å². The topological polar surface area (TPSA) is 44.8 Å². The molecular formula is C39H55F5O4S. The minimum absolute atomic E-state index is 0.0226. The van der Waals surface area contributed by atoms with Crippen molar-refractivity contribution in [2.75, 3.05) is 26.6 Å². The van der Waals surface area contributed by atoms with Crippen LogP contribution < -0.4 is 9.47 Å². The molecule has 1 aliphatic rings. The molecule has 1 aliphatic heterocycles. The van der Waals surface area contributed by atoms with Crippen LogP contribution in [-0.4, -0.2) is 44.6 Å². The SMILES string of the molecule is CCOC(=O)C(CCCCCCCCC1c2ccc(OC)cc2SCC1(CC)c1ccc(OC)cc1)CCCCCCC(F)(F)C(F)(F)F. The highest BCUT2D eigenvalue weighted by atomic mass is 32.2. The van der Waals surface area contributed by atoms with E-state index in [1.165, 1.54) is 16.0 Å². The minimum Gasteiger partial charge on any atom is -0.497 e. The molecule has 0 spiro atoms. The maximum absolute atomic E-state index is 13.1. The molecule has 2 aromatic rings. The zero-order valence-electron chi connectivity index (χ0n) is 29.6. The standard InChI is InChI=1S/C39H55F5O4S/c1-5-37(30-20-22-31(46-3)23-21-30)28-49-35-27-32(47-4)24-25-33(35)34(37)19-15-10-8-7-9-13-17-29(36(45)48-6-2)18-14-11-12-16-26-38(40,41)39(42,43)44/h20-25,27,29,34H,5-19,26,28H2,1-4H3. The fraction of sp³-hybridized carbons (Fsp3) is 0.667. The normalized spacial score (nSPS) is 18.5. The molecule has 0 bridgehead atoms. The molecular weight excluding hydrogens is 659 g/mol. The Kier molecular flexibility index (Phi) is 16.5. The van der Waals surface area contributed by atoms with Gasteiger partial charge in [-0.1, -0.05) is 82.9 Å². The third kappa shape index (κ3) is 11.5. The number of unbranched alkanes of at least 4 members (excludes halogenated alkanes) is 8. The largest absolute Gasteiger partial charge is 0.497 e. The molecule has 0 amide bonds. The van der Waals surface area contributed by atoms with Crippen LogP contribution in [0.5, 0.6) is 11.5 Å². The number of ether oxygens (including phenoxy) is 3. The van der Waals surface area contributed by atoms with Gasteiger partial charge >= 0.3 is 18.1 Å². The predicted molar refractivity (Wildman–Crippen MR) is 187 cm³/mol. The van der Waals surface area contributed by atoms with Crippen molar-refractivity contribution in [2.24, 2.45) is 5.92 Å². The van der Waals surface area contributed by atoms with E-state index in [1.807, 2.05) is 11.8 Å². The first-order chi connectivity index (χ1) is 23.4. The van der Waals surface area contributed by atoms with Gasteiger partial charge in [-0.15, -0.1) is 11.8 Å². The molecule has 4 nitrogen and oxygen atoms in total. The minimum atomic E-state index is -5.50. The molecule has 0 fully saturated rings. The lowest BCUT2D eigenvalue weighted by Gasteiger charge is -2.45. The molecule has 10 heteroatoms. The molecule has 0 saturated carbocycles. The van der Waals surface area contributed by atoms with Gasteiger partial charge < -0.3 is 14.2 Å². The number of hydrogen-bond acceptors (Lipinski definition) is 5. The number of carbonyl (C=O) groups is 1. The summed E-state index contributed by atoms with van der Waals surface area (Å²) < 4.78 is 79.6. The van der Waals surface area contributed by atoms with E-state index in [4.69, 9.17) is 14.2 Å². The molecule has 276 valence electrons. The third-order valence-corrected chi connectivity index (χ3v) is 11.5. The van der Waals surface area contributed by atoms with E-state index in [0.29, 0.717) is 31.6 Å². The highest BCUT2D eigenvalue weighted by Gasteiger charge is 2.56. The summed E-state index contributed by atoms with van der Waals surface area (Å²) >= 11 is 1.92. The van der Waals surface area contributed by atoms with Gasteiger partial charge in [0.1, 0.15) is 11.5 Å². The lowest BCUT2D eigenvalue weighted by atomic mass is 9.65. The number of alkyl halides is 5. The lowest BCUT2D eigenvalue weighted by molar-refractivity contribution is -0.284. The molecule has 0 saturated heterocycles. The van der Waals surface area contributed by atoms with Crippen LogP contribution in [0, 0.1) is 5.92 Å². The van der Waals surface area contributed by atoms with E-state index in [9.17, 15) is 26.7 Å². The lowest BCUT2D eigenvalue weighted by Crippen LogP contribution is -2.38. The molecule has 49 heavy (non-hydrogen) atoms. The van der Waals surface area contributed by atoms with Crippen molar-refractivity contribution in [3.63, 3.8) is 0 Å². The van der Waals surface area contributed by atoms with Gasteiger partial charge in [-0.05, 0) is 80.3 Å². The van der Waals surface area contributed by atoms with E-state index in [2.05, 4.69) is 49.4 Å². The number of fused-ring (bicyclic) bond motifs is 1. The number of hydrogen-bond donors (Lipinski definition) is 0. The first-order valence-electron chi connectivity index (χ1n) is 18.0. The van der Waals surface area contributed by atoms with Crippen molar-refractivity contribution in [1.82, 2.24) is 0 Å². The van der Waals surface area contributed by atoms with Gasteiger partial charge in [-0.25, -0.2) is 0 Å². The van der Waals surface area contributed by atoms with Crippen LogP contribution >= 0.6 is 11.8 Å². The average Bonchev–Trinajstić information content (AvgIpc) is 3.09. The van der Waals surface area contributed by atoms with Gasteiger partial charge in [0.2, 0.25) is 0 Å². The number of methoxy groups -OCH3 is 2. The van der Waals surface area contributed by atoms with Gasteiger partial charge in [-0.3, -0.25) is 4.79 Å². The second kappa shape index (κ2) is 19.8. The summed E-state index contributed by atoms with van der Waals surface area (Å²) in [5.74, 6) is -2.01. The van der Waals surface area contributed by atoms with Crippen LogP contribution in [0.15, 0.2) is 47.4 Å². The van der Waals surface area contributed by atoms with Crippen molar-refractivity contribution < 1.29 is 41.0 Å². The van der Waals surface area contributed by atoms with Gasteiger partial charge in [0.05, 0.1) is 26.7 Å². The highest BCUT2D eigenvalue weighted by Crippen LogP contribution is 2.54. The third-order valence-electron chi connectivity index (χ3n) is 10.2. The fourth-order valence-electron chi connectivity index (χ4n) is 7.17. The van der Waals surface area contributed by atoms with Gasteiger partial charge in [0.25, 0.3) is 0 Å². The van der Waals surface area contributed by atoms with Crippen molar-refractivity contribution in [3.8, 4) is 11.5 Å². The quantitative estimate of drug-likeness (QED) is 0.0690. The zero-order valence-corrected chi connectivity index (χ0v) is 30.5. The van der Waals surface area contributed by atoms with E-state index >= 15 is 0 Å². The molecule has 0 N–H and O–H groups in total. The van der Waals surface area contributed by atoms with Crippen LogP contribution in [0.4, 0.5) is 22.0 Å². The molecule has 3 unspecified atom stereocenters. The number of thioether (sulfide) groups is 1. The Bertz CT molecular complexity index is 1270. The van der Waals surface area contributed by atoms with Gasteiger partial charge in [0, 0.05) is 22.5 Å². The summed E-state index contributed by atoms with van der Waals surface area (Å²) in [5, 5.41) is 0. The number of esters is 1. The van der Waals surface area contributed by atoms with Crippen molar-refractivity contribution >= 4 is 17.7 Å². The summed E-state index contributed by atoms with van der Waals surface area (Å²) in [4.78, 5) is 13.8. The predicted octanol–water partition coefficient (Wildman–Crippen LogP) is 12.1. The molecule has 1 heterocycles. The Hall–Kier alpha value is -2.49. The van der Waals surface area contributed by atoms with Crippen molar-refractivity contribution in [2.45, 2.75) is 138 Å². The van der Waals surface area contributed by atoms with E-state index < -0.39 is 18.5 Å². The average molecular weight is 715 g/mol. The molecule has 0 radical (unpaired) electrons. The Morgan fingerprint density at radius 1 is 0.816 bits per heavy atom. The summed E-state index contributed by atoms with van der Waals surface area (Å²) in [5.41, 5.74) is 2.78. The Morgan fingerprint density at radius 2 is 1.39 bits per heavy atom. The zero-order chi connectivity index (χ0) is 35.9. The van der Waals surface area contributed by atoms with Crippen LogP contribution in [0.1, 0.15) is 127 Å². The van der Waals surface area contributed by atoms with Crippen molar-refractivity contribution in [1.29, 1.82) is 0 Å². The molecule has 3 atom stereocenters. The molecule has 3 rings (SSSR count).